The molecule has 0 bridgehead atoms. The molecule has 0 radical (unpaired) electrons. The van der Waals surface area contributed by atoms with Crippen molar-refractivity contribution < 1.29 is 29.4 Å². The van der Waals surface area contributed by atoms with Crippen LogP contribution in [0.3, 0.4) is 0 Å². The Labute approximate surface area is 172 Å². The van der Waals surface area contributed by atoms with E-state index in [2.05, 4.69) is 0 Å². The maximum Gasteiger partial charge on any atom is 0.194 e. The number of benzene rings is 2. The molecule has 6 nitrogen and oxygen atoms in total. The highest BCUT2D eigenvalue weighted by atomic mass is 16.3. The van der Waals surface area contributed by atoms with E-state index in [1.165, 1.54) is 50.2 Å². The second-order valence-electron chi connectivity index (χ2n) is 7.51. The summed E-state index contributed by atoms with van der Waals surface area (Å²) in [6.07, 6.45) is 0. The number of aromatic hydroxyl groups is 2. The van der Waals surface area contributed by atoms with Crippen molar-refractivity contribution in [2.24, 2.45) is 5.92 Å². The number of hydrogen-bond acceptors (Lipinski definition) is 6. The number of ketones is 4. The first-order chi connectivity index (χ1) is 14.2. The lowest BCUT2D eigenvalue weighted by Gasteiger charge is -2.28. The quantitative estimate of drug-likeness (QED) is 0.790. The van der Waals surface area contributed by atoms with Crippen LogP contribution in [-0.2, 0) is 0 Å². The average Bonchev–Trinajstić information content (AvgIpc) is 2.70. The van der Waals surface area contributed by atoms with Crippen molar-refractivity contribution in [2.75, 3.05) is 0 Å². The van der Waals surface area contributed by atoms with Crippen LogP contribution in [0.4, 0.5) is 0 Å². The smallest absolute Gasteiger partial charge is 0.194 e. The van der Waals surface area contributed by atoms with Gasteiger partial charge in [-0.05, 0) is 26.0 Å². The fraction of sp³-hybridized carbons (Fsp3) is 0.167. The van der Waals surface area contributed by atoms with Crippen molar-refractivity contribution in [3.8, 4) is 11.5 Å². The summed E-state index contributed by atoms with van der Waals surface area (Å²) in [7, 11) is 0. The second-order valence-corrected chi connectivity index (χ2v) is 7.51. The van der Waals surface area contributed by atoms with Crippen LogP contribution in [0.25, 0.3) is 0 Å². The number of phenolic OH excluding ortho intramolecular Hbond substituents is 2. The van der Waals surface area contributed by atoms with Crippen LogP contribution in [0.2, 0.25) is 0 Å². The third-order valence-corrected chi connectivity index (χ3v) is 5.87. The van der Waals surface area contributed by atoms with Gasteiger partial charge in [-0.3, -0.25) is 19.2 Å². The number of fused-ring (bicyclic) bond motifs is 2. The van der Waals surface area contributed by atoms with Crippen LogP contribution in [0, 0.1) is 5.92 Å². The first kappa shape index (κ1) is 19.5. The lowest BCUT2D eigenvalue weighted by atomic mass is 9.72. The van der Waals surface area contributed by atoms with Crippen LogP contribution in [-0.4, -0.2) is 33.3 Å². The third kappa shape index (κ3) is 2.50. The molecule has 0 fully saturated rings. The Balaban J connectivity index is 1.90. The lowest BCUT2D eigenvalue weighted by Crippen LogP contribution is -2.30. The molecule has 0 aliphatic heterocycles. The zero-order chi connectivity index (χ0) is 21.9. The maximum atomic E-state index is 13.2. The van der Waals surface area contributed by atoms with E-state index in [-0.39, 0.29) is 56.0 Å². The second kappa shape index (κ2) is 6.62. The molecule has 0 aromatic heterocycles. The van der Waals surface area contributed by atoms with Crippen LogP contribution in [0.15, 0.2) is 58.7 Å². The molecular weight excluding hydrogens is 384 g/mol. The molecule has 4 rings (SSSR count). The van der Waals surface area contributed by atoms with Crippen molar-refractivity contribution in [1.82, 2.24) is 0 Å². The van der Waals surface area contributed by atoms with Crippen molar-refractivity contribution in [3.05, 3.63) is 80.9 Å². The summed E-state index contributed by atoms with van der Waals surface area (Å²) in [6.45, 7) is 4.56. The molecule has 2 aliphatic rings. The van der Waals surface area contributed by atoms with Gasteiger partial charge >= 0.3 is 0 Å². The Hall–Kier alpha value is -3.80. The highest BCUT2D eigenvalue weighted by Gasteiger charge is 2.40. The fourth-order valence-corrected chi connectivity index (χ4v) is 4.38. The highest BCUT2D eigenvalue weighted by molar-refractivity contribution is 6.31. The topological polar surface area (TPSA) is 109 Å². The molecule has 0 atom stereocenters. The van der Waals surface area contributed by atoms with E-state index < -0.39 is 29.1 Å². The third-order valence-electron chi connectivity index (χ3n) is 5.87. The van der Waals surface area contributed by atoms with Crippen LogP contribution in [0.1, 0.15) is 62.2 Å². The van der Waals surface area contributed by atoms with E-state index in [1.54, 1.807) is 6.92 Å². The van der Waals surface area contributed by atoms with Gasteiger partial charge in [0.2, 0.25) is 0 Å². The van der Waals surface area contributed by atoms with Gasteiger partial charge in [0.25, 0.3) is 0 Å². The summed E-state index contributed by atoms with van der Waals surface area (Å²) >= 11 is 0. The van der Waals surface area contributed by atoms with Gasteiger partial charge < -0.3 is 10.2 Å². The molecule has 0 saturated carbocycles. The first-order valence-corrected chi connectivity index (χ1v) is 9.41. The molecule has 150 valence electrons. The van der Waals surface area contributed by atoms with Crippen molar-refractivity contribution in [3.63, 3.8) is 0 Å². The number of phenols is 2. The molecule has 0 heterocycles. The fourth-order valence-electron chi connectivity index (χ4n) is 4.38. The summed E-state index contributed by atoms with van der Waals surface area (Å²) in [5, 5.41) is 20.4. The summed E-state index contributed by atoms with van der Waals surface area (Å²) in [4.78, 5) is 52.2. The molecular formula is C24H18O6. The van der Waals surface area contributed by atoms with Crippen molar-refractivity contribution >= 4 is 23.1 Å². The van der Waals surface area contributed by atoms with E-state index >= 15 is 0 Å². The van der Waals surface area contributed by atoms with Gasteiger partial charge in [-0.15, -0.1) is 0 Å². The SMILES string of the molecule is CC1=C(C(C)C2=C(C)C(=O)c3cccc(O)c3C2=O)C(=O)c2c(O)cccc2C1=O. The molecule has 30 heavy (non-hydrogen) atoms. The summed E-state index contributed by atoms with van der Waals surface area (Å²) in [5.74, 6) is -3.48. The Morgan fingerprint density at radius 2 is 1.00 bits per heavy atom. The molecule has 0 unspecified atom stereocenters. The zero-order valence-corrected chi connectivity index (χ0v) is 16.6. The zero-order valence-electron chi connectivity index (χ0n) is 16.6. The number of carbonyl (C=O) groups is 4. The average molecular weight is 402 g/mol. The van der Waals surface area contributed by atoms with Gasteiger partial charge in [0.05, 0.1) is 11.1 Å². The van der Waals surface area contributed by atoms with Crippen molar-refractivity contribution in [1.29, 1.82) is 0 Å². The van der Waals surface area contributed by atoms with Crippen LogP contribution < -0.4 is 0 Å². The Morgan fingerprint density at radius 1 is 0.633 bits per heavy atom. The summed E-state index contributed by atoms with van der Waals surface area (Å²) in [5.41, 5.74) is 0.439. The minimum atomic E-state index is -0.890. The summed E-state index contributed by atoms with van der Waals surface area (Å²) in [6, 6.07) is 8.54. The molecule has 6 heteroatoms. The molecule has 0 saturated heterocycles. The number of Topliss-reactive ketones (excluding diaryl/α,β-unsaturated/α-hetero) is 4. The van der Waals surface area contributed by atoms with E-state index in [4.69, 9.17) is 0 Å². The molecule has 2 aromatic rings. The molecule has 2 aliphatic carbocycles. The number of allylic oxidation sites excluding steroid dienone is 4. The van der Waals surface area contributed by atoms with Gasteiger partial charge in [0.1, 0.15) is 11.5 Å². The van der Waals surface area contributed by atoms with Gasteiger partial charge in [0.15, 0.2) is 23.1 Å². The normalized spacial score (nSPS) is 16.4. The van der Waals surface area contributed by atoms with Gasteiger partial charge in [-0.25, -0.2) is 0 Å². The number of rotatable bonds is 2. The largest absolute Gasteiger partial charge is 0.507 e. The molecule has 0 spiro atoms. The molecule has 2 N–H and O–H groups in total. The van der Waals surface area contributed by atoms with E-state index in [9.17, 15) is 29.4 Å². The number of carbonyl (C=O) groups excluding carboxylic acids is 4. The monoisotopic (exact) mass is 402 g/mol. The minimum absolute atomic E-state index is 0.0587. The highest BCUT2D eigenvalue weighted by Crippen LogP contribution is 2.41. The van der Waals surface area contributed by atoms with Crippen molar-refractivity contribution in [2.45, 2.75) is 20.8 Å². The summed E-state index contributed by atoms with van der Waals surface area (Å²) < 4.78 is 0. The van der Waals surface area contributed by atoms with E-state index in [0.717, 1.165) is 0 Å². The number of hydrogen-bond donors (Lipinski definition) is 2. The first-order valence-electron chi connectivity index (χ1n) is 9.41. The van der Waals surface area contributed by atoms with Crippen LogP contribution >= 0.6 is 0 Å². The maximum absolute atomic E-state index is 13.2. The molecule has 2 aromatic carbocycles. The predicted octanol–water partition coefficient (Wildman–Crippen LogP) is 3.83. The lowest BCUT2D eigenvalue weighted by molar-refractivity contribution is 0.0948. The minimum Gasteiger partial charge on any atom is -0.507 e. The van der Waals surface area contributed by atoms with E-state index in [0.29, 0.717) is 0 Å². The Morgan fingerprint density at radius 3 is 1.37 bits per heavy atom. The molecule has 0 amide bonds. The van der Waals surface area contributed by atoms with Gasteiger partial charge in [-0.2, -0.15) is 0 Å². The Bertz CT molecular complexity index is 1160. The standard InChI is InChI=1S/C24H18O6/c1-10(17-11(2)21(27)13-6-4-8-15(25)19(13)23(17)29)18-12(3)22(28)14-7-5-9-16(26)20(14)24(18)30/h4-10,25-26H,1-3H3. The van der Waals surface area contributed by atoms with Gasteiger partial charge in [0, 0.05) is 39.3 Å². The van der Waals surface area contributed by atoms with Crippen LogP contribution in [0.5, 0.6) is 11.5 Å². The van der Waals surface area contributed by atoms with E-state index in [1.807, 2.05) is 0 Å². The predicted molar refractivity (Wildman–Crippen MR) is 108 cm³/mol. The van der Waals surface area contributed by atoms with Gasteiger partial charge in [-0.1, -0.05) is 31.2 Å². The Kier molecular flexibility index (Phi) is 4.31.